The summed E-state index contributed by atoms with van der Waals surface area (Å²) in [6, 6.07) is 12.9. The second-order valence-corrected chi connectivity index (χ2v) is 7.29. The van der Waals surface area contributed by atoms with Crippen molar-refractivity contribution < 1.29 is 0 Å². The smallest absolute Gasteiger partial charge is 0.298 e. The third kappa shape index (κ3) is 2.71. The fraction of sp³-hybridized carbons (Fsp3) is 0.0556. The van der Waals surface area contributed by atoms with E-state index in [1.165, 1.54) is 15.9 Å². The molecule has 4 rings (SSSR count). The first-order chi connectivity index (χ1) is 12.2. The lowest BCUT2D eigenvalue weighted by Crippen LogP contribution is -2.35. The van der Waals surface area contributed by atoms with Gasteiger partial charge >= 0.3 is 5.69 Å². The fourth-order valence-electron chi connectivity index (χ4n) is 2.73. The molecule has 7 heteroatoms. The molecule has 0 amide bonds. The molecule has 25 heavy (non-hydrogen) atoms. The van der Waals surface area contributed by atoms with E-state index in [-0.39, 0.29) is 12.1 Å². The minimum atomic E-state index is -0.445. The van der Waals surface area contributed by atoms with E-state index in [1.54, 1.807) is 35.6 Å². The van der Waals surface area contributed by atoms with Gasteiger partial charge in [-0.15, -0.1) is 22.7 Å². The van der Waals surface area contributed by atoms with Crippen molar-refractivity contribution in [1.82, 2.24) is 9.55 Å². The molecule has 0 saturated carbocycles. The maximum Gasteiger partial charge on any atom is 0.329 e. The number of nitrogens with one attached hydrogen (secondary N) is 1. The van der Waals surface area contributed by atoms with E-state index in [2.05, 4.69) is 11.1 Å². The third-order valence-electron chi connectivity index (χ3n) is 3.90. The van der Waals surface area contributed by atoms with Crippen LogP contribution in [0.5, 0.6) is 0 Å². The van der Waals surface area contributed by atoms with Crippen LogP contribution in [0.4, 0.5) is 0 Å². The third-order valence-corrected chi connectivity index (χ3v) is 5.70. The number of aromatic amines is 1. The van der Waals surface area contributed by atoms with E-state index in [0.29, 0.717) is 15.8 Å². The summed E-state index contributed by atoms with van der Waals surface area (Å²) in [6.45, 7) is 0.124. The van der Waals surface area contributed by atoms with Crippen LogP contribution in [0, 0.1) is 11.3 Å². The van der Waals surface area contributed by atoms with Crippen molar-refractivity contribution in [1.29, 1.82) is 5.26 Å². The molecule has 0 aliphatic carbocycles. The molecule has 5 nitrogen and oxygen atoms in total. The Hall–Kier alpha value is -2.95. The second kappa shape index (κ2) is 6.16. The standard InChI is InChI=1S/C18H11N3O2S2/c19-8-11-3-1-4-12(7-11)9-21-17(22)15-13(14-5-2-6-24-14)10-25-16(15)20-18(21)23/h1-7,10H,9H2,(H,20,23). The van der Waals surface area contributed by atoms with Gasteiger partial charge in [0.15, 0.2) is 0 Å². The average Bonchev–Trinajstić information content (AvgIpc) is 3.28. The molecule has 0 bridgehead atoms. The molecule has 0 radical (unpaired) electrons. The highest BCUT2D eigenvalue weighted by molar-refractivity contribution is 7.18. The number of thiophene rings is 2. The molecule has 0 aliphatic rings. The minimum absolute atomic E-state index is 0.124. The van der Waals surface area contributed by atoms with E-state index in [1.807, 2.05) is 22.9 Å². The van der Waals surface area contributed by atoms with Crippen LogP contribution in [-0.2, 0) is 6.54 Å². The summed E-state index contributed by atoms with van der Waals surface area (Å²) in [7, 11) is 0. The predicted octanol–water partition coefficient (Wildman–Crippen LogP) is 3.40. The van der Waals surface area contributed by atoms with E-state index >= 15 is 0 Å². The van der Waals surface area contributed by atoms with Crippen LogP contribution in [0.2, 0.25) is 0 Å². The van der Waals surface area contributed by atoms with Crippen LogP contribution in [0.3, 0.4) is 0 Å². The summed E-state index contributed by atoms with van der Waals surface area (Å²) >= 11 is 2.91. The van der Waals surface area contributed by atoms with Gasteiger partial charge in [-0.3, -0.25) is 14.3 Å². The summed E-state index contributed by atoms with van der Waals surface area (Å²) < 4.78 is 1.18. The zero-order chi connectivity index (χ0) is 17.4. The number of aromatic nitrogens is 2. The first-order valence-electron chi connectivity index (χ1n) is 7.44. The first kappa shape index (κ1) is 15.6. The van der Waals surface area contributed by atoms with Gasteiger partial charge in [-0.05, 0) is 29.1 Å². The van der Waals surface area contributed by atoms with Crippen LogP contribution in [0.15, 0.2) is 56.7 Å². The van der Waals surface area contributed by atoms with E-state index < -0.39 is 5.69 Å². The van der Waals surface area contributed by atoms with Crippen LogP contribution in [0.25, 0.3) is 20.7 Å². The summed E-state index contributed by atoms with van der Waals surface area (Å²) in [4.78, 5) is 29.7. The van der Waals surface area contributed by atoms with E-state index in [4.69, 9.17) is 5.26 Å². The molecule has 3 aromatic heterocycles. The lowest BCUT2D eigenvalue weighted by molar-refractivity contribution is 0.713. The maximum atomic E-state index is 13.0. The van der Waals surface area contributed by atoms with Crippen LogP contribution in [-0.4, -0.2) is 9.55 Å². The molecule has 4 aromatic rings. The number of nitriles is 1. The van der Waals surface area contributed by atoms with Crippen LogP contribution in [0.1, 0.15) is 11.1 Å². The van der Waals surface area contributed by atoms with Gasteiger partial charge in [-0.1, -0.05) is 18.2 Å². The molecule has 1 aromatic carbocycles. The molecule has 0 fully saturated rings. The van der Waals surface area contributed by atoms with E-state index in [0.717, 1.165) is 16.0 Å². The Bertz CT molecular complexity index is 1220. The summed E-state index contributed by atoms with van der Waals surface area (Å²) in [5.74, 6) is 0. The monoisotopic (exact) mass is 365 g/mol. The van der Waals surface area contributed by atoms with Crippen LogP contribution < -0.4 is 11.2 Å². The Kier molecular flexibility index (Phi) is 3.84. The van der Waals surface area contributed by atoms with Gasteiger partial charge in [0.25, 0.3) is 5.56 Å². The van der Waals surface area contributed by atoms with Crippen LogP contribution >= 0.6 is 22.7 Å². The Morgan fingerprint density at radius 1 is 1.16 bits per heavy atom. The molecule has 0 atom stereocenters. The van der Waals surface area contributed by atoms with Gasteiger partial charge in [0.1, 0.15) is 4.83 Å². The molecule has 0 saturated heterocycles. The van der Waals surface area contributed by atoms with Gasteiger partial charge in [0.2, 0.25) is 0 Å². The number of hydrogen-bond acceptors (Lipinski definition) is 5. The Morgan fingerprint density at radius 2 is 2.04 bits per heavy atom. The van der Waals surface area contributed by atoms with E-state index in [9.17, 15) is 9.59 Å². The van der Waals surface area contributed by atoms with Crippen molar-refractivity contribution in [2.24, 2.45) is 0 Å². The molecule has 0 unspecified atom stereocenters. The van der Waals surface area contributed by atoms with Gasteiger partial charge < -0.3 is 0 Å². The Labute approximate surface area is 150 Å². The summed E-state index contributed by atoms with van der Waals surface area (Å²) in [6.07, 6.45) is 0. The van der Waals surface area contributed by atoms with Gasteiger partial charge in [0, 0.05) is 15.8 Å². The summed E-state index contributed by atoms with van der Waals surface area (Å²) in [5.41, 5.74) is 1.32. The number of fused-ring (bicyclic) bond motifs is 1. The highest BCUT2D eigenvalue weighted by atomic mass is 32.1. The summed E-state index contributed by atoms with van der Waals surface area (Å²) in [5, 5.41) is 13.4. The van der Waals surface area contributed by atoms with Crippen molar-refractivity contribution in [2.45, 2.75) is 6.54 Å². The lowest BCUT2D eigenvalue weighted by atomic mass is 10.1. The van der Waals surface area contributed by atoms with Crippen molar-refractivity contribution in [3.05, 3.63) is 79.1 Å². The zero-order valence-electron chi connectivity index (χ0n) is 12.9. The molecule has 0 aliphatic heterocycles. The SMILES string of the molecule is N#Cc1cccc(Cn2c(=O)[nH]c3scc(-c4cccs4)c3c2=O)c1. The first-order valence-corrected chi connectivity index (χ1v) is 9.20. The number of rotatable bonds is 3. The average molecular weight is 365 g/mol. The largest absolute Gasteiger partial charge is 0.329 e. The highest BCUT2D eigenvalue weighted by Crippen LogP contribution is 2.33. The van der Waals surface area contributed by atoms with Crippen molar-refractivity contribution >= 4 is 32.9 Å². The van der Waals surface area contributed by atoms with Crippen molar-refractivity contribution in [2.75, 3.05) is 0 Å². The number of nitrogens with zero attached hydrogens (tertiary/aromatic N) is 2. The molecular weight excluding hydrogens is 354 g/mol. The van der Waals surface area contributed by atoms with Crippen molar-refractivity contribution in [3.8, 4) is 16.5 Å². The topological polar surface area (TPSA) is 78.7 Å². The quantitative estimate of drug-likeness (QED) is 0.604. The van der Waals surface area contributed by atoms with Gasteiger partial charge in [-0.25, -0.2) is 4.79 Å². The number of hydrogen-bond donors (Lipinski definition) is 1. The second-order valence-electron chi connectivity index (χ2n) is 5.46. The molecule has 1 N–H and O–H groups in total. The minimum Gasteiger partial charge on any atom is -0.298 e. The van der Waals surface area contributed by atoms with Crippen molar-refractivity contribution in [3.63, 3.8) is 0 Å². The number of benzene rings is 1. The fourth-order valence-corrected chi connectivity index (χ4v) is 4.50. The van der Waals surface area contributed by atoms with Gasteiger partial charge in [-0.2, -0.15) is 5.26 Å². The maximum absolute atomic E-state index is 13.0. The molecular formula is C18H11N3O2S2. The molecule has 122 valence electrons. The van der Waals surface area contributed by atoms with Gasteiger partial charge in [0.05, 0.1) is 23.6 Å². The number of H-pyrrole nitrogens is 1. The normalized spacial score (nSPS) is 10.8. The Balaban J connectivity index is 1.90. The highest BCUT2D eigenvalue weighted by Gasteiger charge is 2.15. The zero-order valence-corrected chi connectivity index (χ0v) is 14.5. The lowest BCUT2D eigenvalue weighted by Gasteiger charge is -2.06. The Morgan fingerprint density at radius 3 is 2.80 bits per heavy atom. The predicted molar refractivity (Wildman–Crippen MR) is 100 cm³/mol. The molecule has 3 heterocycles. The molecule has 0 spiro atoms.